The average molecular weight is 371 g/mol. The molecule has 2 aromatic carbocycles. The van der Waals surface area contributed by atoms with Gasteiger partial charge >= 0.3 is 0 Å². The maximum atomic E-state index is 12.8. The lowest BCUT2D eigenvalue weighted by Gasteiger charge is -2.23. The molecule has 1 aliphatic rings. The predicted octanol–water partition coefficient (Wildman–Crippen LogP) is 3.97. The van der Waals surface area contributed by atoms with Gasteiger partial charge in [0.1, 0.15) is 0 Å². The van der Waals surface area contributed by atoms with Gasteiger partial charge in [-0.3, -0.25) is 9.59 Å². The molecule has 0 saturated carbocycles. The number of halogens is 1. The second-order valence-corrected chi connectivity index (χ2v) is 7.40. The van der Waals surface area contributed by atoms with Gasteiger partial charge in [-0.15, -0.1) is 0 Å². The Balaban J connectivity index is 1.74. The van der Waals surface area contributed by atoms with Crippen molar-refractivity contribution in [1.82, 2.24) is 4.90 Å². The number of benzene rings is 2. The molecule has 136 valence electrons. The summed E-state index contributed by atoms with van der Waals surface area (Å²) in [5.41, 5.74) is 3.80. The third kappa shape index (κ3) is 3.75. The molecule has 1 aliphatic heterocycles. The summed E-state index contributed by atoms with van der Waals surface area (Å²) in [6, 6.07) is 13.7. The number of hydrogen-bond donors (Lipinski definition) is 0. The Kier molecular flexibility index (Phi) is 5.33. The maximum absolute atomic E-state index is 12.8. The Morgan fingerprint density at radius 2 is 1.92 bits per heavy atom. The van der Waals surface area contributed by atoms with Crippen molar-refractivity contribution < 1.29 is 9.59 Å². The molecule has 1 unspecified atom stereocenters. The summed E-state index contributed by atoms with van der Waals surface area (Å²) in [6.45, 7) is 4.83. The molecule has 0 spiro atoms. The van der Waals surface area contributed by atoms with Crippen molar-refractivity contribution >= 4 is 29.1 Å². The monoisotopic (exact) mass is 370 g/mol. The van der Waals surface area contributed by atoms with Gasteiger partial charge in [-0.1, -0.05) is 48.0 Å². The summed E-state index contributed by atoms with van der Waals surface area (Å²) in [5.74, 6) is -0.399. The van der Waals surface area contributed by atoms with Crippen molar-refractivity contribution in [2.24, 2.45) is 5.92 Å². The van der Waals surface area contributed by atoms with Crippen LogP contribution in [0.1, 0.15) is 23.1 Å². The largest absolute Gasteiger partial charge is 0.341 e. The van der Waals surface area contributed by atoms with Crippen LogP contribution in [0.15, 0.2) is 42.5 Å². The van der Waals surface area contributed by atoms with E-state index < -0.39 is 0 Å². The van der Waals surface area contributed by atoms with Gasteiger partial charge < -0.3 is 9.80 Å². The van der Waals surface area contributed by atoms with Gasteiger partial charge in [0.15, 0.2) is 0 Å². The van der Waals surface area contributed by atoms with Gasteiger partial charge in [-0.05, 0) is 36.6 Å². The van der Waals surface area contributed by atoms with Gasteiger partial charge in [0.05, 0.1) is 16.6 Å². The molecule has 2 aromatic rings. The zero-order valence-corrected chi connectivity index (χ0v) is 16.1. The highest BCUT2D eigenvalue weighted by Crippen LogP contribution is 2.35. The van der Waals surface area contributed by atoms with Crippen LogP contribution < -0.4 is 4.90 Å². The fourth-order valence-corrected chi connectivity index (χ4v) is 4.01. The number of carbonyl (C=O) groups is 2. The molecular weight excluding hydrogens is 348 g/mol. The van der Waals surface area contributed by atoms with Gasteiger partial charge in [0.2, 0.25) is 11.8 Å². The first kappa shape index (κ1) is 18.5. The Bertz CT molecular complexity index is 812. The summed E-state index contributed by atoms with van der Waals surface area (Å²) in [4.78, 5) is 28.7. The van der Waals surface area contributed by atoms with Gasteiger partial charge in [0.25, 0.3) is 0 Å². The molecule has 0 bridgehead atoms. The predicted molar refractivity (Wildman–Crippen MR) is 104 cm³/mol. The summed E-state index contributed by atoms with van der Waals surface area (Å²) in [6.07, 6.45) is 0.224. The lowest BCUT2D eigenvalue weighted by Crippen LogP contribution is -2.34. The molecule has 0 aliphatic carbocycles. The summed E-state index contributed by atoms with van der Waals surface area (Å²) < 4.78 is 0. The molecule has 2 amide bonds. The third-order valence-corrected chi connectivity index (χ3v) is 5.07. The lowest BCUT2D eigenvalue weighted by atomic mass is 10.1. The van der Waals surface area contributed by atoms with Crippen molar-refractivity contribution in [2.75, 3.05) is 18.5 Å². The summed E-state index contributed by atoms with van der Waals surface area (Å²) in [5, 5.41) is 0.557. The highest BCUT2D eigenvalue weighted by atomic mass is 35.5. The number of carbonyl (C=O) groups excluding carboxylic acids is 2. The zero-order valence-electron chi connectivity index (χ0n) is 15.3. The van der Waals surface area contributed by atoms with E-state index in [1.807, 2.05) is 56.3 Å². The van der Waals surface area contributed by atoms with Crippen LogP contribution in [0.4, 0.5) is 5.69 Å². The Labute approximate surface area is 159 Å². The average Bonchev–Trinajstić information content (AvgIpc) is 2.95. The third-order valence-electron chi connectivity index (χ3n) is 4.78. The van der Waals surface area contributed by atoms with Crippen LogP contribution in [0.25, 0.3) is 0 Å². The van der Waals surface area contributed by atoms with Crippen molar-refractivity contribution in [1.29, 1.82) is 0 Å². The van der Waals surface area contributed by atoms with Crippen molar-refractivity contribution in [2.45, 2.75) is 26.8 Å². The fourth-order valence-electron chi connectivity index (χ4n) is 3.59. The minimum absolute atomic E-state index is 0.00871. The number of aryl methyl sites for hydroxylation is 2. The van der Waals surface area contributed by atoms with Gasteiger partial charge in [0, 0.05) is 26.6 Å². The highest BCUT2D eigenvalue weighted by molar-refractivity contribution is 6.34. The molecule has 3 rings (SSSR count). The van der Waals surface area contributed by atoms with Crippen LogP contribution in [0.3, 0.4) is 0 Å². The van der Waals surface area contributed by atoms with E-state index in [1.165, 1.54) is 0 Å². The smallest absolute Gasteiger partial charge is 0.228 e. The van der Waals surface area contributed by atoms with Crippen LogP contribution in [-0.2, 0) is 16.1 Å². The number of anilines is 1. The van der Waals surface area contributed by atoms with Gasteiger partial charge in [-0.25, -0.2) is 0 Å². The molecule has 1 saturated heterocycles. The van der Waals surface area contributed by atoms with E-state index in [0.717, 1.165) is 22.4 Å². The van der Waals surface area contributed by atoms with E-state index >= 15 is 0 Å². The number of amides is 2. The van der Waals surface area contributed by atoms with Crippen LogP contribution in [0.2, 0.25) is 5.02 Å². The second kappa shape index (κ2) is 7.50. The van der Waals surface area contributed by atoms with E-state index in [4.69, 9.17) is 11.6 Å². The van der Waals surface area contributed by atoms with Crippen LogP contribution >= 0.6 is 11.6 Å². The highest BCUT2D eigenvalue weighted by Gasteiger charge is 2.37. The fraction of sp³-hybridized carbons (Fsp3) is 0.333. The number of rotatable bonds is 4. The SMILES string of the molecule is Cc1cc(C)c(N2CC(C(=O)N(C)Cc3ccccc3)CC2=O)c(Cl)c1. The van der Waals surface area contributed by atoms with Crippen molar-refractivity contribution in [3.63, 3.8) is 0 Å². The summed E-state index contributed by atoms with van der Waals surface area (Å²) in [7, 11) is 1.78. The second-order valence-electron chi connectivity index (χ2n) is 7.00. The molecule has 26 heavy (non-hydrogen) atoms. The summed E-state index contributed by atoms with van der Waals surface area (Å²) >= 11 is 6.39. The molecule has 1 atom stereocenters. The normalized spacial score (nSPS) is 16.8. The molecule has 1 heterocycles. The van der Waals surface area contributed by atoms with E-state index in [9.17, 15) is 9.59 Å². The van der Waals surface area contributed by atoms with E-state index in [0.29, 0.717) is 18.1 Å². The van der Waals surface area contributed by atoms with Crippen molar-refractivity contribution in [3.05, 3.63) is 64.2 Å². The minimum Gasteiger partial charge on any atom is -0.341 e. The molecule has 4 nitrogen and oxygen atoms in total. The molecular formula is C21H23ClN2O2. The minimum atomic E-state index is -0.340. The first-order valence-corrected chi connectivity index (χ1v) is 9.10. The lowest BCUT2D eigenvalue weighted by molar-refractivity contribution is -0.135. The number of nitrogens with zero attached hydrogens (tertiary/aromatic N) is 2. The standard InChI is InChI=1S/C21H23ClN2O2/c1-14-9-15(2)20(18(22)10-14)24-13-17(11-19(24)25)21(26)23(3)12-16-7-5-4-6-8-16/h4-10,17H,11-13H2,1-3H3. The first-order chi connectivity index (χ1) is 12.4. The van der Waals surface area contributed by atoms with Gasteiger partial charge in [-0.2, -0.15) is 0 Å². The molecule has 5 heteroatoms. The molecule has 0 radical (unpaired) electrons. The molecule has 1 fully saturated rings. The van der Waals surface area contributed by atoms with E-state index in [2.05, 4.69) is 0 Å². The van der Waals surface area contributed by atoms with Crippen LogP contribution in [-0.4, -0.2) is 30.3 Å². The van der Waals surface area contributed by atoms with E-state index in [-0.39, 0.29) is 24.2 Å². The molecule has 0 aromatic heterocycles. The van der Waals surface area contributed by atoms with E-state index in [1.54, 1.807) is 16.8 Å². The quantitative estimate of drug-likeness (QED) is 0.817. The zero-order chi connectivity index (χ0) is 18.8. The Hall–Kier alpha value is -2.33. The number of hydrogen-bond acceptors (Lipinski definition) is 2. The molecule has 0 N–H and O–H groups in total. The van der Waals surface area contributed by atoms with Crippen LogP contribution in [0, 0.1) is 19.8 Å². The maximum Gasteiger partial charge on any atom is 0.228 e. The van der Waals surface area contributed by atoms with Crippen molar-refractivity contribution in [3.8, 4) is 0 Å². The van der Waals surface area contributed by atoms with Crippen LogP contribution in [0.5, 0.6) is 0 Å². The topological polar surface area (TPSA) is 40.6 Å². The Morgan fingerprint density at radius 3 is 2.58 bits per heavy atom. The first-order valence-electron chi connectivity index (χ1n) is 8.73. The Morgan fingerprint density at radius 1 is 1.23 bits per heavy atom.